The molecule has 0 aliphatic carbocycles. The molecule has 0 fully saturated rings. The summed E-state index contributed by atoms with van der Waals surface area (Å²) < 4.78 is 5.31. The number of nitrogens with one attached hydrogen (secondary N) is 1. The van der Waals surface area contributed by atoms with E-state index < -0.39 is 0 Å². The Hall–Kier alpha value is -1.98. The largest absolute Gasteiger partial charge is 0.497 e. The summed E-state index contributed by atoms with van der Waals surface area (Å²) >= 11 is 0. The Kier molecular flexibility index (Phi) is 4.43. The molecule has 0 aliphatic heterocycles. The summed E-state index contributed by atoms with van der Waals surface area (Å²) in [5.41, 5.74) is 1.30. The zero-order chi connectivity index (χ0) is 13.7. The quantitative estimate of drug-likeness (QED) is 0.827. The van der Waals surface area contributed by atoms with E-state index in [-0.39, 0.29) is 0 Å². The lowest BCUT2D eigenvalue weighted by molar-refractivity contribution is 0.415. The van der Waals surface area contributed by atoms with Crippen LogP contribution in [0.15, 0.2) is 36.4 Å². The van der Waals surface area contributed by atoms with Gasteiger partial charge in [-0.15, -0.1) is 12.3 Å². The number of fused-ring (bicyclic) bond motifs is 1. The van der Waals surface area contributed by atoms with Crippen LogP contribution in [-0.4, -0.2) is 20.2 Å². The summed E-state index contributed by atoms with van der Waals surface area (Å²) in [4.78, 5) is 0. The SMILES string of the molecule is C#CCC(Cc1cccc2ccc(OC)cc12)NC. The van der Waals surface area contributed by atoms with Crippen LogP contribution in [0.25, 0.3) is 10.8 Å². The van der Waals surface area contributed by atoms with Crippen molar-refractivity contribution in [3.05, 3.63) is 42.0 Å². The maximum absolute atomic E-state index is 5.41. The van der Waals surface area contributed by atoms with E-state index in [4.69, 9.17) is 11.2 Å². The van der Waals surface area contributed by atoms with Crippen molar-refractivity contribution in [1.82, 2.24) is 5.32 Å². The first-order valence-electron chi connectivity index (χ1n) is 6.45. The van der Waals surface area contributed by atoms with Gasteiger partial charge in [-0.2, -0.15) is 0 Å². The van der Waals surface area contributed by atoms with Gasteiger partial charge in [0.15, 0.2) is 0 Å². The molecule has 2 nitrogen and oxygen atoms in total. The minimum Gasteiger partial charge on any atom is -0.497 e. The van der Waals surface area contributed by atoms with E-state index in [0.29, 0.717) is 6.04 Å². The zero-order valence-corrected chi connectivity index (χ0v) is 11.4. The van der Waals surface area contributed by atoms with Crippen molar-refractivity contribution in [3.63, 3.8) is 0 Å². The molecular weight excluding hydrogens is 234 g/mol. The fourth-order valence-electron chi connectivity index (χ4n) is 2.31. The molecule has 0 aromatic heterocycles. The number of rotatable bonds is 5. The van der Waals surface area contributed by atoms with E-state index in [0.717, 1.165) is 18.6 Å². The van der Waals surface area contributed by atoms with Crippen molar-refractivity contribution in [2.45, 2.75) is 18.9 Å². The van der Waals surface area contributed by atoms with E-state index in [2.05, 4.69) is 41.6 Å². The van der Waals surface area contributed by atoms with Gasteiger partial charge in [-0.25, -0.2) is 0 Å². The third-order valence-electron chi connectivity index (χ3n) is 3.42. The molecule has 2 aromatic carbocycles. The van der Waals surface area contributed by atoms with Crippen LogP contribution >= 0.6 is 0 Å². The molecule has 0 spiro atoms. The van der Waals surface area contributed by atoms with Crippen LogP contribution in [0.3, 0.4) is 0 Å². The number of ether oxygens (including phenoxy) is 1. The number of hydrogen-bond donors (Lipinski definition) is 1. The molecule has 0 heterocycles. The Labute approximate surface area is 114 Å². The second-order valence-electron chi connectivity index (χ2n) is 4.60. The Bertz CT molecular complexity index is 598. The highest BCUT2D eigenvalue weighted by Crippen LogP contribution is 2.25. The normalized spacial score (nSPS) is 12.1. The molecule has 0 radical (unpaired) electrons. The van der Waals surface area contributed by atoms with Gasteiger partial charge >= 0.3 is 0 Å². The van der Waals surface area contributed by atoms with E-state index in [1.54, 1.807) is 7.11 Å². The fraction of sp³-hybridized carbons (Fsp3) is 0.294. The van der Waals surface area contributed by atoms with Gasteiger partial charge in [0.1, 0.15) is 5.75 Å². The number of benzene rings is 2. The number of likely N-dealkylation sites (N-methyl/N-ethyl adjacent to an activating group) is 1. The summed E-state index contributed by atoms with van der Waals surface area (Å²) in [7, 11) is 3.65. The average molecular weight is 253 g/mol. The van der Waals surface area contributed by atoms with Crippen LogP contribution in [0.5, 0.6) is 5.75 Å². The van der Waals surface area contributed by atoms with Crippen molar-refractivity contribution >= 4 is 10.8 Å². The van der Waals surface area contributed by atoms with E-state index in [1.165, 1.54) is 16.3 Å². The third-order valence-corrected chi connectivity index (χ3v) is 3.42. The maximum atomic E-state index is 5.41. The van der Waals surface area contributed by atoms with Gasteiger partial charge in [0.2, 0.25) is 0 Å². The molecule has 2 aromatic rings. The maximum Gasteiger partial charge on any atom is 0.119 e. The second kappa shape index (κ2) is 6.26. The van der Waals surface area contributed by atoms with Gasteiger partial charge in [0, 0.05) is 12.5 Å². The van der Waals surface area contributed by atoms with Gasteiger partial charge in [0.05, 0.1) is 7.11 Å². The molecule has 0 saturated carbocycles. The first-order chi connectivity index (χ1) is 9.28. The van der Waals surface area contributed by atoms with Crippen LogP contribution < -0.4 is 10.1 Å². The van der Waals surface area contributed by atoms with Crippen molar-refractivity contribution < 1.29 is 4.74 Å². The molecule has 2 heteroatoms. The van der Waals surface area contributed by atoms with Gasteiger partial charge in [0.25, 0.3) is 0 Å². The Morgan fingerprint density at radius 1 is 1.32 bits per heavy atom. The molecule has 1 unspecified atom stereocenters. The van der Waals surface area contributed by atoms with E-state index >= 15 is 0 Å². The lowest BCUT2D eigenvalue weighted by atomic mass is 9.97. The number of hydrogen-bond acceptors (Lipinski definition) is 2. The predicted octanol–water partition coefficient (Wildman–Crippen LogP) is 3.00. The van der Waals surface area contributed by atoms with Crippen LogP contribution in [0.1, 0.15) is 12.0 Å². The summed E-state index contributed by atoms with van der Waals surface area (Å²) in [6.45, 7) is 0. The molecule has 1 N–H and O–H groups in total. The minimum absolute atomic E-state index is 0.307. The molecule has 0 saturated heterocycles. The van der Waals surface area contributed by atoms with Crippen LogP contribution in [0.4, 0.5) is 0 Å². The summed E-state index contributed by atoms with van der Waals surface area (Å²) in [5.74, 6) is 3.61. The highest BCUT2D eigenvalue weighted by molar-refractivity contribution is 5.87. The Balaban J connectivity index is 2.39. The molecule has 0 aliphatic rings. The Morgan fingerprint density at radius 3 is 2.84 bits per heavy atom. The number of methoxy groups -OCH3 is 1. The molecule has 19 heavy (non-hydrogen) atoms. The highest BCUT2D eigenvalue weighted by Gasteiger charge is 2.09. The van der Waals surface area contributed by atoms with Crippen LogP contribution in [0, 0.1) is 12.3 Å². The predicted molar refractivity (Wildman–Crippen MR) is 80.5 cm³/mol. The molecule has 98 valence electrons. The van der Waals surface area contributed by atoms with E-state index in [9.17, 15) is 0 Å². The third kappa shape index (κ3) is 3.07. The van der Waals surface area contributed by atoms with E-state index in [1.807, 2.05) is 13.1 Å². The van der Waals surface area contributed by atoms with Crippen LogP contribution in [-0.2, 0) is 6.42 Å². The first-order valence-corrected chi connectivity index (χ1v) is 6.45. The lowest BCUT2D eigenvalue weighted by Gasteiger charge is -2.15. The molecule has 0 bridgehead atoms. The monoisotopic (exact) mass is 253 g/mol. The Morgan fingerprint density at radius 2 is 2.16 bits per heavy atom. The lowest BCUT2D eigenvalue weighted by Crippen LogP contribution is -2.27. The summed E-state index contributed by atoms with van der Waals surface area (Å²) in [5, 5.41) is 5.74. The summed E-state index contributed by atoms with van der Waals surface area (Å²) in [6, 6.07) is 12.8. The van der Waals surface area contributed by atoms with Crippen molar-refractivity contribution in [3.8, 4) is 18.1 Å². The van der Waals surface area contributed by atoms with Crippen molar-refractivity contribution in [1.29, 1.82) is 0 Å². The molecule has 1 atom stereocenters. The zero-order valence-electron chi connectivity index (χ0n) is 11.4. The van der Waals surface area contributed by atoms with Crippen LogP contribution in [0.2, 0.25) is 0 Å². The average Bonchev–Trinajstić information content (AvgIpc) is 2.46. The molecule has 2 rings (SSSR count). The molecular formula is C17H19NO. The number of terminal acetylenes is 1. The smallest absolute Gasteiger partial charge is 0.119 e. The molecule has 0 amide bonds. The highest BCUT2D eigenvalue weighted by atomic mass is 16.5. The minimum atomic E-state index is 0.307. The van der Waals surface area contributed by atoms with Crippen molar-refractivity contribution in [2.24, 2.45) is 0 Å². The van der Waals surface area contributed by atoms with Gasteiger partial charge < -0.3 is 10.1 Å². The van der Waals surface area contributed by atoms with Gasteiger partial charge in [-0.3, -0.25) is 0 Å². The topological polar surface area (TPSA) is 21.3 Å². The fourth-order valence-corrected chi connectivity index (χ4v) is 2.31. The first kappa shape index (κ1) is 13.5. The standard InChI is InChI=1S/C17H19NO/c1-4-6-15(18-2)11-14-8-5-7-13-9-10-16(19-3)12-17(13)14/h1,5,7-10,12,15,18H,6,11H2,2-3H3. The second-order valence-corrected chi connectivity index (χ2v) is 4.60. The van der Waals surface area contributed by atoms with Gasteiger partial charge in [-0.05, 0) is 41.9 Å². The van der Waals surface area contributed by atoms with Gasteiger partial charge in [-0.1, -0.05) is 24.3 Å². The van der Waals surface area contributed by atoms with Crippen molar-refractivity contribution in [2.75, 3.05) is 14.2 Å². The summed E-state index contributed by atoms with van der Waals surface area (Å²) in [6.07, 6.45) is 7.06.